The van der Waals surface area contributed by atoms with Crippen molar-refractivity contribution in [3.63, 3.8) is 0 Å². The molecule has 4 heteroatoms. The highest BCUT2D eigenvalue weighted by Crippen LogP contribution is 2.18. The first-order valence-corrected chi connectivity index (χ1v) is 6.47. The van der Waals surface area contributed by atoms with E-state index in [1.807, 2.05) is 0 Å². The molecule has 2 atom stereocenters. The Morgan fingerprint density at radius 2 is 2.44 bits per heavy atom. The topological polar surface area (TPSA) is 42.4 Å². The van der Waals surface area contributed by atoms with E-state index in [9.17, 15) is 4.79 Å². The van der Waals surface area contributed by atoms with E-state index in [2.05, 4.69) is 23.7 Å². The third-order valence-electron chi connectivity index (χ3n) is 3.45. The van der Waals surface area contributed by atoms with Crippen LogP contribution in [0.25, 0.3) is 0 Å². The minimum absolute atomic E-state index is 0.417. The van der Waals surface area contributed by atoms with E-state index in [0.717, 1.165) is 31.0 Å². The minimum atomic E-state index is 0.417. The molecule has 0 aromatic carbocycles. The van der Waals surface area contributed by atoms with Gasteiger partial charge in [-0.3, -0.25) is 9.69 Å². The summed E-state index contributed by atoms with van der Waals surface area (Å²) in [5.74, 6) is 1.51. The molecule has 1 aliphatic heterocycles. The zero-order valence-corrected chi connectivity index (χ0v) is 11.0. The first-order chi connectivity index (χ1) is 8.69. The highest BCUT2D eigenvalue weighted by atomic mass is 16.5. The van der Waals surface area contributed by atoms with E-state index in [4.69, 9.17) is 4.74 Å². The molecule has 1 saturated heterocycles. The average molecular weight is 248 g/mol. The fraction of sp³-hybridized carbons (Fsp3) is 0.571. The molecule has 4 nitrogen and oxygen atoms in total. The fourth-order valence-electron chi connectivity index (χ4n) is 2.24. The first kappa shape index (κ1) is 13.0. The SMILES string of the molecule is C[C@@H]1CCN([C@@H](C)COc2ccc(C=O)nc2)C1. The molecule has 1 aromatic heterocycles. The summed E-state index contributed by atoms with van der Waals surface area (Å²) in [5.41, 5.74) is 0.434. The second kappa shape index (κ2) is 5.96. The van der Waals surface area contributed by atoms with Crippen molar-refractivity contribution in [1.82, 2.24) is 9.88 Å². The van der Waals surface area contributed by atoms with Gasteiger partial charge in [0.25, 0.3) is 0 Å². The monoisotopic (exact) mass is 248 g/mol. The maximum atomic E-state index is 10.5. The van der Waals surface area contributed by atoms with Crippen molar-refractivity contribution < 1.29 is 9.53 Å². The molecule has 1 aromatic rings. The number of carbonyl (C=O) groups is 1. The summed E-state index contributed by atoms with van der Waals surface area (Å²) in [6.45, 7) is 7.45. The normalized spacial score (nSPS) is 21.8. The van der Waals surface area contributed by atoms with Gasteiger partial charge in [-0.1, -0.05) is 6.92 Å². The van der Waals surface area contributed by atoms with Crippen LogP contribution in [0.2, 0.25) is 0 Å². The largest absolute Gasteiger partial charge is 0.490 e. The van der Waals surface area contributed by atoms with Crippen LogP contribution < -0.4 is 4.74 Å². The van der Waals surface area contributed by atoms with Crippen LogP contribution in [0.3, 0.4) is 0 Å². The Bertz CT molecular complexity index is 391. The minimum Gasteiger partial charge on any atom is -0.490 e. The lowest BCUT2D eigenvalue weighted by molar-refractivity contribution is 0.111. The fourth-order valence-corrected chi connectivity index (χ4v) is 2.24. The number of hydrogen-bond donors (Lipinski definition) is 0. The summed E-state index contributed by atoms with van der Waals surface area (Å²) >= 11 is 0. The van der Waals surface area contributed by atoms with E-state index in [1.165, 1.54) is 6.42 Å². The number of aromatic nitrogens is 1. The Morgan fingerprint density at radius 3 is 3.00 bits per heavy atom. The Balaban J connectivity index is 1.81. The van der Waals surface area contributed by atoms with Crippen molar-refractivity contribution in [2.75, 3.05) is 19.7 Å². The van der Waals surface area contributed by atoms with Crippen LogP contribution in [-0.4, -0.2) is 41.9 Å². The van der Waals surface area contributed by atoms with E-state index >= 15 is 0 Å². The van der Waals surface area contributed by atoms with Gasteiger partial charge in [-0.05, 0) is 37.9 Å². The van der Waals surface area contributed by atoms with Gasteiger partial charge in [0, 0.05) is 12.6 Å². The highest BCUT2D eigenvalue weighted by Gasteiger charge is 2.23. The number of carbonyl (C=O) groups excluding carboxylic acids is 1. The number of pyridine rings is 1. The zero-order valence-electron chi connectivity index (χ0n) is 11.0. The molecule has 0 aliphatic carbocycles. The van der Waals surface area contributed by atoms with Crippen molar-refractivity contribution in [1.29, 1.82) is 0 Å². The summed E-state index contributed by atoms with van der Waals surface area (Å²) in [6, 6.07) is 3.88. The molecule has 0 saturated carbocycles. The molecule has 0 bridgehead atoms. The third-order valence-corrected chi connectivity index (χ3v) is 3.45. The Labute approximate surface area is 108 Å². The number of hydrogen-bond acceptors (Lipinski definition) is 4. The lowest BCUT2D eigenvalue weighted by Crippen LogP contribution is -2.35. The summed E-state index contributed by atoms with van der Waals surface area (Å²) in [7, 11) is 0. The zero-order chi connectivity index (χ0) is 13.0. The van der Waals surface area contributed by atoms with E-state index in [-0.39, 0.29) is 0 Å². The van der Waals surface area contributed by atoms with Gasteiger partial charge >= 0.3 is 0 Å². The molecule has 18 heavy (non-hydrogen) atoms. The van der Waals surface area contributed by atoms with Gasteiger partial charge in [0.1, 0.15) is 18.1 Å². The van der Waals surface area contributed by atoms with Crippen molar-refractivity contribution in [3.8, 4) is 5.75 Å². The van der Waals surface area contributed by atoms with Gasteiger partial charge in [-0.25, -0.2) is 4.98 Å². The molecule has 1 fully saturated rings. The van der Waals surface area contributed by atoms with Gasteiger partial charge in [0.2, 0.25) is 0 Å². The van der Waals surface area contributed by atoms with Crippen LogP contribution in [0.4, 0.5) is 0 Å². The Kier molecular flexibility index (Phi) is 4.31. The summed E-state index contributed by atoms with van der Waals surface area (Å²) < 4.78 is 5.69. The van der Waals surface area contributed by atoms with Crippen molar-refractivity contribution in [2.45, 2.75) is 26.3 Å². The van der Waals surface area contributed by atoms with Gasteiger partial charge in [-0.2, -0.15) is 0 Å². The quantitative estimate of drug-likeness (QED) is 0.747. The molecular weight excluding hydrogens is 228 g/mol. The molecule has 0 amide bonds. The predicted molar refractivity (Wildman–Crippen MR) is 69.9 cm³/mol. The number of likely N-dealkylation sites (tertiary alicyclic amines) is 1. The maximum absolute atomic E-state index is 10.5. The number of nitrogens with zero attached hydrogens (tertiary/aromatic N) is 2. The van der Waals surface area contributed by atoms with Crippen molar-refractivity contribution in [3.05, 3.63) is 24.0 Å². The molecule has 0 spiro atoms. The van der Waals surface area contributed by atoms with Crippen LogP contribution in [-0.2, 0) is 0 Å². The van der Waals surface area contributed by atoms with Crippen LogP contribution in [0, 0.1) is 5.92 Å². The molecule has 0 N–H and O–H groups in total. The first-order valence-electron chi connectivity index (χ1n) is 6.47. The number of rotatable bonds is 5. The van der Waals surface area contributed by atoms with Crippen LogP contribution in [0.1, 0.15) is 30.8 Å². The van der Waals surface area contributed by atoms with E-state index in [1.54, 1.807) is 18.3 Å². The molecule has 98 valence electrons. The molecule has 2 rings (SSSR count). The number of ether oxygens (including phenoxy) is 1. The number of aldehydes is 1. The molecule has 0 radical (unpaired) electrons. The molecule has 1 aliphatic rings. The van der Waals surface area contributed by atoms with Crippen molar-refractivity contribution >= 4 is 6.29 Å². The second-order valence-electron chi connectivity index (χ2n) is 5.09. The molecule has 0 unspecified atom stereocenters. The van der Waals surface area contributed by atoms with Gasteiger partial charge in [0.15, 0.2) is 6.29 Å². The van der Waals surface area contributed by atoms with Crippen LogP contribution >= 0.6 is 0 Å². The molecule has 2 heterocycles. The lowest BCUT2D eigenvalue weighted by atomic mass is 10.2. The lowest BCUT2D eigenvalue weighted by Gasteiger charge is -2.24. The second-order valence-corrected chi connectivity index (χ2v) is 5.09. The average Bonchev–Trinajstić information content (AvgIpc) is 2.83. The standard InChI is InChI=1S/C14H20N2O2/c1-11-5-6-16(8-11)12(2)10-18-14-4-3-13(9-17)15-7-14/h3-4,7,9,11-12H,5-6,8,10H2,1-2H3/t11-,12+/m1/s1. The van der Waals surface area contributed by atoms with Crippen LogP contribution in [0.5, 0.6) is 5.75 Å². The van der Waals surface area contributed by atoms with E-state index in [0.29, 0.717) is 18.3 Å². The third kappa shape index (κ3) is 3.29. The van der Waals surface area contributed by atoms with Gasteiger partial charge in [0.05, 0.1) is 6.20 Å². The maximum Gasteiger partial charge on any atom is 0.168 e. The predicted octanol–water partition coefficient (Wildman–Crippen LogP) is 2.00. The smallest absolute Gasteiger partial charge is 0.168 e. The Hall–Kier alpha value is -1.42. The Morgan fingerprint density at radius 1 is 1.61 bits per heavy atom. The summed E-state index contributed by atoms with van der Waals surface area (Å²) in [6.07, 6.45) is 3.61. The van der Waals surface area contributed by atoms with E-state index < -0.39 is 0 Å². The van der Waals surface area contributed by atoms with Crippen molar-refractivity contribution in [2.24, 2.45) is 5.92 Å². The van der Waals surface area contributed by atoms with Gasteiger partial charge < -0.3 is 4.74 Å². The van der Waals surface area contributed by atoms with Crippen LogP contribution in [0.15, 0.2) is 18.3 Å². The summed E-state index contributed by atoms with van der Waals surface area (Å²) in [5, 5.41) is 0. The summed E-state index contributed by atoms with van der Waals surface area (Å²) in [4.78, 5) is 16.9. The van der Waals surface area contributed by atoms with Gasteiger partial charge in [-0.15, -0.1) is 0 Å². The molecular formula is C14H20N2O2. The highest BCUT2D eigenvalue weighted by molar-refractivity contribution is 5.71.